The normalized spacial score (nSPS) is 16.7. The Bertz CT molecular complexity index is 1070. The van der Waals surface area contributed by atoms with Crippen molar-refractivity contribution in [3.05, 3.63) is 53.6 Å². The van der Waals surface area contributed by atoms with Crippen molar-refractivity contribution in [1.82, 2.24) is 0 Å². The van der Waals surface area contributed by atoms with Crippen molar-refractivity contribution in [3.8, 4) is 0 Å². The van der Waals surface area contributed by atoms with E-state index in [1.807, 2.05) is 19.9 Å². The maximum atomic E-state index is 12.5. The van der Waals surface area contributed by atoms with E-state index in [1.54, 1.807) is 12.1 Å². The van der Waals surface area contributed by atoms with Crippen LogP contribution in [-0.2, 0) is 24.8 Å². The van der Waals surface area contributed by atoms with Crippen LogP contribution < -0.4 is 9.03 Å². The maximum Gasteiger partial charge on any atom is 0.261 e. The highest BCUT2D eigenvalue weighted by Gasteiger charge is 2.36. The minimum absolute atomic E-state index is 0.0245. The highest BCUT2D eigenvalue weighted by atomic mass is 32.2. The van der Waals surface area contributed by atoms with E-state index in [1.165, 1.54) is 24.3 Å². The lowest BCUT2D eigenvalue weighted by molar-refractivity contribution is -0.116. The number of sulfonamides is 2. The van der Waals surface area contributed by atoms with Gasteiger partial charge in [0.1, 0.15) is 0 Å². The van der Waals surface area contributed by atoms with Crippen LogP contribution in [0.15, 0.2) is 47.4 Å². The number of amides is 1. The second-order valence-electron chi connectivity index (χ2n) is 6.12. The standard InChI is InChI=1S/C17H18N2O5S2/c1-12-3-4-14(11-13(12)2)18-26(23,24)16-7-5-15(6-8-16)19-17(20)9-10-25(19,21)22/h3-8,11,18H,9-10H2,1-2H3. The molecule has 0 bridgehead atoms. The van der Waals surface area contributed by atoms with E-state index < -0.39 is 26.0 Å². The molecule has 2 aromatic rings. The van der Waals surface area contributed by atoms with E-state index in [2.05, 4.69) is 4.72 Å². The summed E-state index contributed by atoms with van der Waals surface area (Å²) in [4.78, 5) is 11.8. The molecule has 1 N–H and O–H groups in total. The summed E-state index contributed by atoms with van der Waals surface area (Å²) < 4.78 is 52.1. The van der Waals surface area contributed by atoms with Gasteiger partial charge in [-0.1, -0.05) is 6.07 Å². The van der Waals surface area contributed by atoms with E-state index in [-0.39, 0.29) is 22.8 Å². The number of hydrogen-bond donors (Lipinski definition) is 1. The SMILES string of the molecule is Cc1ccc(NS(=O)(=O)c2ccc(N3C(=O)CCS3(=O)=O)cc2)cc1C. The fraction of sp³-hybridized carbons (Fsp3) is 0.235. The lowest BCUT2D eigenvalue weighted by Gasteiger charge is -2.15. The number of aryl methyl sites for hydroxylation is 2. The van der Waals surface area contributed by atoms with Crippen LogP contribution in [0.25, 0.3) is 0 Å². The largest absolute Gasteiger partial charge is 0.280 e. The molecule has 2 aromatic carbocycles. The molecule has 3 rings (SSSR count). The van der Waals surface area contributed by atoms with E-state index >= 15 is 0 Å². The van der Waals surface area contributed by atoms with Crippen molar-refractivity contribution in [2.24, 2.45) is 0 Å². The molecule has 7 nitrogen and oxygen atoms in total. The highest BCUT2D eigenvalue weighted by Crippen LogP contribution is 2.27. The van der Waals surface area contributed by atoms with Crippen molar-refractivity contribution >= 4 is 37.3 Å². The summed E-state index contributed by atoms with van der Waals surface area (Å²) in [5, 5.41) is 0. The molecule has 1 saturated heterocycles. The first kappa shape index (κ1) is 18.4. The Morgan fingerprint density at radius 1 is 1.00 bits per heavy atom. The van der Waals surface area contributed by atoms with E-state index in [0.29, 0.717) is 5.69 Å². The number of nitrogens with zero attached hydrogens (tertiary/aromatic N) is 1. The van der Waals surface area contributed by atoms with Crippen LogP contribution in [-0.4, -0.2) is 28.5 Å². The Morgan fingerprint density at radius 3 is 2.19 bits per heavy atom. The van der Waals surface area contributed by atoms with Crippen molar-refractivity contribution in [2.45, 2.75) is 25.2 Å². The van der Waals surface area contributed by atoms with Gasteiger partial charge in [0, 0.05) is 12.1 Å². The van der Waals surface area contributed by atoms with Gasteiger partial charge in [-0.25, -0.2) is 21.1 Å². The summed E-state index contributed by atoms with van der Waals surface area (Å²) in [6, 6.07) is 10.4. The van der Waals surface area contributed by atoms with Gasteiger partial charge in [-0.15, -0.1) is 0 Å². The van der Waals surface area contributed by atoms with Crippen LogP contribution in [0.4, 0.5) is 11.4 Å². The summed E-state index contributed by atoms with van der Waals surface area (Å²) in [5.74, 6) is -0.755. The molecule has 9 heteroatoms. The third-order valence-electron chi connectivity index (χ3n) is 4.22. The zero-order valence-electron chi connectivity index (χ0n) is 14.3. The third kappa shape index (κ3) is 3.45. The van der Waals surface area contributed by atoms with Crippen molar-refractivity contribution in [2.75, 3.05) is 14.8 Å². The average molecular weight is 394 g/mol. The van der Waals surface area contributed by atoms with Crippen molar-refractivity contribution in [3.63, 3.8) is 0 Å². The molecule has 0 atom stereocenters. The molecule has 138 valence electrons. The quantitative estimate of drug-likeness (QED) is 0.856. The number of nitrogens with one attached hydrogen (secondary N) is 1. The summed E-state index contributed by atoms with van der Waals surface area (Å²) in [6.07, 6.45) is -0.0727. The molecule has 1 fully saturated rings. The van der Waals surface area contributed by atoms with Crippen LogP contribution >= 0.6 is 0 Å². The van der Waals surface area contributed by atoms with E-state index in [0.717, 1.165) is 15.4 Å². The second kappa shape index (κ2) is 6.40. The maximum absolute atomic E-state index is 12.5. The first-order chi connectivity index (χ1) is 12.1. The lowest BCUT2D eigenvalue weighted by atomic mass is 10.1. The molecule has 0 radical (unpaired) electrons. The van der Waals surface area contributed by atoms with Crippen molar-refractivity contribution < 1.29 is 21.6 Å². The Labute approximate surface area is 152 Å². The van der Waals surface area contributed by atoms with Gasteiger partial charge in [0.15, 0.2) is 0 Å². The van der Waals surface area contributed by atoms with Gasteiger partial charge >= 0.3 is 0 Å². The summed E-state index contributed by atoms with van der Waals surface area (Å²) in [7, 11) is -7.50. The summed E-state index contributed by atoms with van der Waals surface area (Å²) in [6.45, 7) is 3.81. The number of carbonyl (C=O) groups is 1. The zero-order chi connectivity index (χ0) is 19.1. The van der Waals surface area contributed by atoms with Gasteiger partial charge in [-0.05, 0) is 61.4 Å². The molecular formula is C17H18N2O5S2. The van der Waals surface area contributed by atoms with Crippen LogP contribution in [0.2, 0.25) is 0 Å². The van der Waals surface area contributed by atoms with Gasteiger partial charge in [0.05, 0.1) is 16.3 Å². The van der Waals surface area contributed by atoms with Gasteiger partial charge < -0.3 is 0 Å². The molecule has 0 aromatic heterocycles. The fourth-order valence-electron chi connectivity index (χ4n) is 2.65. The van der Waals surface area contributed by atoms with Crippen molar-refractivity contribution in [1.29, 1.82) is 0 Å². The molecule has 26 heavy (non-hydrogen) atoms. The Hall–Kier alpha value is -2.39. The molecule has 1 aliphatic heterocycles. The minimum Gasteiger partial charge on any atom is -0.280 e. The Morgan fingerprint density at radius 2 is 1.65 bits per heavy atom. The lowest BCUT2D eigenvalue weighted by Crippen LogP contribution is -2.29. The highest BCUT2D eigenvalue weighted by molar-refractivity contribution is 7.94. The first-order valence-electron chi connectivity index (χ1n) is 7.86. The third-order valence-corrected chi connectivity index (χ3v) is 7.31. The van der Waals surface area contributed by atoms with Gasteiger partial charge in [0.25, 0.3) is 10.0 Å². The Kier molecular flexibility index (Phi) is 4.53. The van der Waals surface area contributed by atoms with E-state index in [9.17, 15) is 21.6 Å². The number of hydrogen-bond acceptors (Lipinski definition) is 5. The molecular weight excluding hydrogens is 376 g/mol. The van der Waals surface area contributed by atoms with Gasteiger partial charge in [-0.3, -0.25) is 9.52 Å². The monoisotopic (exact) mass is 394 g/mol. The Balaban J connectivity index is 1.87. The topological polar surface area (TPSA) is 101 Å². The van der Waals surface area contributed by atoms with E-state index in [4.69, 9.17) is 0 Å². The van der Waals surface area contributed by atoms with Crippen LogP contribution in [0.1, 0.15) is 17.5 Å². The first-order valence-corrected chi connectivity index (χ1v) is 11.0. The number of carbonyl (C=O) groups excluding carboxylic acids is 1. The molecule has 1 heterocycles. The van der Waals surface area contributed by atoms with Crippen LogP contribution in [0, 0.1) is 13.8 Å². The summed E-state index contributed by atoms with van der Waals surface area (Å²) in [5.41, 5.74) is 2.58. The molecule has 0 saturated carbocycles. The number of benzene rings is 2. The van der Waals surface area contributed by atoms with Crippen LogP contribution in [0.5, 0.6) is 0 Å². The van der Waals surface area contributed by atoms with Gasteiger partial charge in [0.2, 0.25) is 15.9 Å². The molecule has 0 aliphatic carbocycles. The molecule has 0 unspecified atom stereocenters. The predicted octanol–water partition coefficient (Wildman–Crippen LogP) is 2.17. The smallest absolute Gasteiger partial charge is 0.261 e. The average Bonchev–Trinajstić information content (AvgIpc) is 2.84. The minimum atomic E-state index is -3.83. The number of anilines is 2. The van der Waals surface area contributed by atoms with Crippen LogP contribution in [0.3, 0.4) is 0 Å². The molecule has 1 aliphatic rings. The molecule has 0 spiro atoms. The van der Waals surface area contributed by atoms with Gasteiger partial charge in [-0.2, -0.15) is 0 Å². The zero-order valence-corrected chi connectivity index (χ0v) is 15.9. The summed E-state index contributed by atoms with van der Waals surface area (Å²) >= 11 is 0. The molecule has 1 amide bonds. The number of rotatable bonds is 4. The fourth-order valence-corrected chi connectivity index (χ4v) is 5.16. The predicted molar refractivity (Wildman–Crippen MR) is 99.1 cm³/mol. The second-order valence-corrected chi connectivity index (χ2v) is 9.74.